The fourth-order valence-electron chi connectivity index (χ4n) is 0.584. The highest BCUT2D eigenvalue weighted by atomic mass is 16.7. The van der Waals surface area contributed by atoms with Crippen molar-refractivity contribution < 1.29 is 9.63 Å². The van der Waals surface area contributed by atoms with Crippen LogP contribution in [-0.2, 0) is 4.79 Å². The second kappa shape index (κ2) is 2.51. The summed E-state index contributed by atoms with van der Waals surface area (Å²) in [5.41, 5.74) is 0.801. The smallest absolute Gasteiger partial charge is 0.329 e. The van der Waals surface area contributed by atoms with E-state index >= 15 is 0 Å². The maximum atomic E-state index is 10.4. The van der Waals surface area contributed by atoms with Crippen molar-refractivity contribution >= 4 is 5.97 Å². The minimum absolute atomic E-state index is 0.346. The zero-order chi connectivity index (χ0) is 7.56. The highest BCUT2D eigenvalue weighted by molar-refractivity contribution is 5.66. The average molecular weight is 140 g/mol. The molecule has 0 saturated heterocycles. The largest absolute Gasteiger partial charge is 0.336 e. The van der Waals surface area contributed by atoms with Crippen LogP contribution in [0.5, 0.6) is 0 Å². The molecule has 4 nitrogen and oxygen atoms in total. The molecule has 0 aliphatic carbocycles. The first-order valence-electron chi connectivity index (χ1n) is 2.88. The fourth-order valence-corrected chi connectivity index (χ4v) is 0.584. The van der Waals surface area contributed by atoms with Gasteiger partial charge in [-0.25, -0.2) is 9.78 Å². The molecule has 0 saturated carbocycles. The first kappa shape index (κ1) is 6.80. The van der Waals surface area contributed by atoms with Crippen molar-refractivity contribution in [2.45, 2.75) is 13.8 Å². The van der Waals surface area contributed by atoms with Crippen molar-refractivity contribution in [2.75, 3.05) is 0 Å². The predicted molar refractivity (Wildman–Crippen MR) is 34.2 cm³/mol. The first-order valence-corrected chi connectivity index (χ1v) is 2.88. The summed E-state index contributed by atoms with van der Waals surface area (Å²) in [7, 11) is 0. The number of imidazole rings is 1. The number of aromatic nitrogens is 2. The van der Waals surface area contributed by atoms with Crippen LogP contribution >= 0.6 is 0 Å². The van der Waals surface area contributed by atoms with Gasteiger partial charge in [-0.05, 0) is 6.92 Å². The lowest BCUT2D eigenvalue weighted by Crippen LogP contribution is -2.16. The topological polar surface area (TPSA) is 44.1 Å². The number of nitrogens with zero attached hydrogens (tertiary/aromatic N) is 2. The lowest BCUT2D eigenvalue weighted by molar-refractivity contribution is -0.141. The molecule has 0 N–H and O–H groups in total. The van der Waals surface area contributed by atoms with Gasteiger partial charge in [0.1, 0.15) is 6.33 Å². The Morgan fingerprint density at radius 2 is 2.50 bits per heavy atom. The summed E-state index contributed by atoms with van der Waals surface area (Å²) in [6.45, 7) is 3.15. The lowest BCUT2D eigenvalue weighted by Gasteiger charge is -2.00. The summed E-state index contributed by atoms with van der Waals surface area (Å²) < 4.78 is 1.32. The number of hydrogen-bond donors (Lipinski definition) is 0. The van der Waals surface area contributed by atoms with Gasteiger partial charge in [-0.15, -0.1) is 0 Å². The number of hydrogen-bond acceptors (Lipinski definition) is 3. The molecule has 0 aliphatic heterocycles. The molecule has 0 aliphatic rings. The van der Waals surface area contributed by atoms with E-state index in [4.69, 9.17) is 4.84 Å². The van der Waals surface area contributed by atoms with E-state index in [1.165, 1.54) is 18.0 Å². The van der Waals surface area contributed by atoms with Crippen LogP contribution in [0, 0.1) is 6.92 Å². The summed E-state index contributed by atoms with van der Waals surface area (Å²) in [6, 6.07) is 0. The molecule has 1 aromatic rings. The molecule has 0 unspecified atom stereocenters. The minimum Gasteiger partial charge on any atom is -0.336 e. The number of carbonyl (C=O) groups is 1. The molecule has 1 rings (SSSR count). The van der Waals surface area contributed by atoms with E-state index in [0.717, 1.165) is 5.69 Å². The van der Waals surface area contributed by atoms with Gasteiger partial charge in [0.2, 0.25) is 0 Å². The third kappa shape index (κ3) is 1.34. The van der Waals surface area contributed by atoms with E-state index in [9.17, 15) is 4.79 Å². The van der Waals surface area contributed by atoms with Gasteiger partial charge in [-0.1, -0.05) is 0 Å². The molecule has 0 aromatic carbocycles. The van der Waals surface area contributed by atoms with Gasteiger partial charge in [-0.2, -0.15) is 4.73 Å². The van der Waals surface area contributed by atoms with Crippen molar-refractivity contribution in [3.05, 3.63) is 18.2 Å². The van der Waals surface area contributed by atoms with Crippen molar-refractivity contribution in [3.63, 3.8) is 0 Å². The van der Waals surface area contributed by atoms with E-state index in [-0.39, 0.29) is 5.97 Å². The zero-order valence-corrected chi connectivity index (χ0v) is 5.87. The molecular formula is C6H8N2O2. The summed E-state index contributed by atoms with van der Waals surface area (Å²) in [4.78, 5) is 18.9. The van der Waals surface area contributed by atoms with Crippen LogP contribution in [0.1, 0.15) is 12.6 Å². The van der Waals surface area contributed by atoms with Crippen molar-refractivity contribution in [2.24, 2.45) is 0 Å². The molecule has 0 fully saturated rings. The minimum atomic E-state index is -0.346. The van der Waals surface area contributed by atoms with Crippen molar-refractivity contribution in [1.82, 2.24) is 9.71 Å². The fraction of sp³-hybridized carbons (Fsp3) is 0.333. The Morgan fingerprint density at radius 3 is 2.90 bits per heavy atom. The molecule has 54 valence electrons. The molecule has 0 radical (unpaired) electrons. The van der Waals surface area contributed by atoms with Gasteiger partial charge in [0, 0.05) is 6.92 Å². The third-order valence-electron chi connectivity index (χ3n) is 1.01. The molecule has 0 spiro atoms. The molecule has 0 atom stereocenters. The Kier molecular flexibility index (Phi) is 1.71. The van der Waals surface area contributed by atoms with Crippen LogP contribution < -0.4 is 4.84 Å². The van der Waals surface area contributed by atoms with Crippen LogP contribution in [-0.4, -0.2) is 15.7 Å². The van der Waals surface area contributed by atoms with Crippen LogP contribution in [0.4, 0.5) is 0 Å². The highest BCUT2D eigenvalue weighted by Crippen LogP contribution is 1.91. The van der Waals surface area contributed by atoms with E-state index in [0.29, 0.717) is 0 Å². The van der Waals surface area contributed by atoms with Gasteiger partial charge in [-0.3, -0.25) is 0 Å². The third-order valence-corrected chi connectivity index (χ3v) is 1.01. The molecule has 1 aromatic heterocycles. The van der Waals surface area contributed by atoms with E-state index in [1.807, 2.05) is 0 Å². The van der Waals surface area contributed by atoms with Crippen molar-refractivity contribution in [3.8, 4) is 0 Å². The van der Waals surface area contributed by atoms with Gasteiger partial charge < -0.3 is 4.84 Å². The van der Waals surface area contributed by atoms with Crippen LogP contribution in [0.25, 0.3) is 0 Å². The number of rotatable bonds is 1. The van der Waals surface area contributed by atoms with Gasteiger partial charge in [0.05, 0.1) is 11.9 Å². The molecule has 10 heavy (non-hydrogen) atoms. The molecular weight excluding hydrogens is 132 g/mol. The Labute approximate surface area is 58.4 Å². The Morgan fingerprint density at radius 1 is 1.80 bits per heavy atom. The quantitative estimate of drug-likeness (QED) is 0.558. The monoisotopic (exact) mass is 140 g/mol. The second-order valence-corrected chi connectivity index (χ2v) is 1.94. The highest BCUT2D eigenvalue weighted by Gasteiger charge is 1.97. The molecule has 1 heterocycles. The number of aryl methyl sites for hydroxylation is 1. The maximum Gasteiger partial charge on any atom is 0.329 e. The van der Waals surface area contributed by atoms with E-state index in [2.05, 4.69) is 4.98 Å². The normalized spacial score (nSPS) is 9.40. The zero-order valence-electron chi connectivity index (χ0n) is 5.87. The lowest BCUT2D eigenvalue weighted by atomic mass is 10.6. The van der Waals surface area contributed by atoms with Crippen LogP contribution in [0.2, 0.25) is 0 Å². The summed E-state index contributed by atoms with van der Waals surface area (Å²) in [5.74, 6) is -0.346. The summed E-state index contributed by atoms with van der Waals surface area (Å²) >= 11 is 0. The predicted octanol–water partition coefficient (Wildman–Crippen LogP) is 0.167. The number of carbonyl (C=O) groups excluding carboxylic acids is 1. The van der Waals surface area contributed by atoms with Crippen LogP contribution in [0.3, 0.4) is 0 Å². The van der Waals surface area contributed by atoms with Gasteiger partial charge >= 0.3 is 5.97 Å². The van der Waals surface area contributed by atoms with Crippen LogP contribution in [0.15, 0.2) is 12.5 Å². The summed E-state index contributed by atoms with van der Waals surface area (Å²) in [6.07, 6.45) is 3.06. The van der Waals surface area contributed by atoms with Gasteiger partial charge in [0.15, 0.2) is 0 Å². The molecule has 0 amide bonds. The van der Waals surface area contributed by atoms with E-state index in [1.54, 1.807) is 13.1 Å². The van der Waals surface area contributed by atoms with E-state index < -0.39 is 0 Å². The summed E-state index contributed by atoms with van der Waals surface area (Å²) in [5, 5.41) is 0. The Balaban J connectivity index is 2.74. The Hall–Kier alpha value is -1.32. The van der Waals surface area contributed by atoms with Crippen molar-refractivity contribution in [1.29, 1.82) is 0 Å². The van der Waals surface area contributed by atoms with Gasteiger partial charge in [0.25, 0.3) is 0 Å². The standard InChI is InChI=1S/C6H8N2O2/c1-5-3-7-4-8(5)10-6(2)9/h3-4H,1-2H3. The Bertz CT molecular complexity index is 242. The SMILES string of the molecule is CC(=O)On1cncc1C. The first-order chi connectivity index (χ1) is 4.70. The maximum absolute atomic E-state index is 10.4. The molecule has 4 heteroatoms. The molecule has 0 bridgehead atoms. The average Bonchev–Trinajstić information content (AvgIpc) is 2.15. The second-order valence-electron chi connectivity index (χ2n) is 1.94.